The first kappa shape index (κ1) is 13.0. The van der Waals surface area contributed by atoms with Crippen LogP contribution in [0.1, 0.15) is 52.9 Å². The predicted octanol–water partition coefficient (Wildman–Crippen LogP) is 3.77. The fourth-order valence-corrected chi connectivity index (χ4v) is 2.18. The Bertz CT molecular complexity index is 298. The maximum Gasteiger partial charge on any atom is 0.293 e. The molecule has 0 radical (unpaired) electrons. The van der Waals surface area contributed by atoms with Gasteiger partial charge in [-0.05, 0) is 46.5 Å². The topological polar surface area (TPSA) is 26.3 Å². The molecule has 16 heavy (non-hydrogen) atoms. The van der Waals surface area contributed by atoms with Gasteiger partial charge >= 0.3 is 0 Å². The summed E-state index contributed by atoms with van der Waals surface area (Å²) in [6.45, 7) is 6.85. The third-order valence-electron chi connectivity index (χ3n) is 3.06. The summed E-state index contributed by atoms with van der Waals surface area (Å²) < 4.78 is 5.19. The van der Waals surface area contributed by atoms with Gasteiger partial charge in [0.1, 0.15) is 5.60 Å². The summed E-state index contributed by atoms with van der Waals surface area (Å²) in [5.41, 5.74) is 2.52. The molecule has 0 aliphatic heterocycles. The molecule has 2 nitrogen and oxygen atoms in total. The van der Waals surface area contributed by atoms with Gasteiger partial charge in [0.2, 0.25) is 0 Å². The second-order valence-corrected chi connectivity index (χ2v) is 5.06. The van der Waals surface area contributed by atoms with Crippen molar-refractivity contribution >= 4 is 6.47 Å². The molecule has 0 amide bonds. The van der Waals surface area contributed by atoms with E-state index in [2.05, 4.69) is 26.0 Å². The van der Waals surface area contributed by atoms with Crippen molar-refractivity contribution in [2.24, 2.45) is 0 Å². The van der Waals surface area contributed by atoms with E-state index in [4.69, 9.17) is 4.74 Å². The lowest BCUT2D eigenvalue weighted by Gasteiger charge is -2.31. The van der Waals surface area contributed by atoms with Crippen LogP contribution in [0.3, 0.4) is 0 Å². The number of carbonyl (C=O) groups excluding carboxylic acids is 1. The minimum absolute atomic E-state index is 0.267. The van der Waals surface area contributed by atoms with Gasteiger partial charge in [-0.2, -0.15) is 0 Å². The molecule has 0 heterocycles. The number of hydrogen-bond donors (Lipinski definition) is 0. The van der Waals surface area contributed by atoms with Crippen molar-refractivity contribution in [1.29, 1.82) is 0 Å². The van der Waals surface area contributed by atoms with Crippen LogP contribution in [-0.4, -0.2) is 12.1 Å². The Labute approximate surface area is 98.4 Å². The lowest BCUT2D eigenvalue weighted by Crippen LogP contribution is -2.30. The third kappa shape index (κ3) is 4.21. The van der Waals surface area contributed by atoms with E-state index in [0.29, 0.717) is 6.47 Å². The molecule has 0 aromatic rings. The molecule has 0 saturated carbocycles. The molecule has 1 rings (SSSR count). The minimum atomic E-state index is -0.267. The van der Waals surface area contributed by atoms with E-state index in [1.165, 1.54) is 11.1 Å². The van der Waals surface area contributed by atoms with Crippen molar-refractivity contribution in [2.75, 3.05) is 0 Å². The van der Waals surface area contributed by atoms with Crippen molar-refractivity contribution in [1.82, 2.24) is 0 Å². The molecule has 0 saturated heterocycles. The molecule has 0 aromatic carbocycles. The highest BCUT2D eigenvalue weighted by atomic mass is 16.5. The fraction of sp³-hybridized carbons (Fsp3) is 0.643. The predicted molar refractivity (Wildman–Crippen MR) is 66.2 cm³/mol. The van der Waals surface area contributed by atoms with Crippen LogP contribution in [0.25, 0.3) is 0 Å². The Morgan fingerprint density at radius 3 is 2.94 bits per heavy atom. The molecule has 1 atom stereocenters. The fourth-order valence-electron chi connectivity index (χ4n) is 2.18. The van der Waals surface area contributed by atoms with Crippen LogP contribution in [0.2, 0.25) is 0 Å². The van der Waals surface area contributed by atoms with Gasteiger partial charge < -0.3 is 4.74 Å². The van der Waals surface area contributed by atoms with Gasteiger partial charge in [0.05, 0.1) is 0 Å². The SMILES string of the molecule is CC(C)=CCCC1=CCCC(C)(OC=O)C1. The number of rotatable bonds is 5. The van der Waals surface area contributed by atoms with Gasteiger partial charge in [-0.25, -0.2) is 0 Å². The maximum atomic E-state index is 10.4. The average molecular weight is 222 g/mol. The van der Waals surface area contributed by atoms with Crippen molar-refractivity contribution in [3.05, 3.63) is 23.3 Å². The highest BCUT2D eigenvalue weighted by Gasteiger charge is 2.29. The summed E-state index contributed by atoms with van der Waals surface area (Å²) >= 11 is 0. The van der Waals surface area contributed by atoms with E-state index in [9.17, 15) is 4.79 Å². The normalized spacial score (nSPS) is 24.6. The van der Waals surface area contributed by atoms with Crippen LogP contribution >= 0.6 is 0 Å². The second kappa shape index (κ2) is 5.88. The van der Waals surface area contributed by atoms with Crippen LogP contribution in [0, 0.1) is 0 Å². The van der Waals surface area contributed by atoms with Crippen LogP contribution in [-0.2, 0) is 9.53 Å². The second-order valence-electron chi connectivity index (χ2n) is 5.06. The molecule has 1 aliphatic rings. The number of ether oxygens (including phenoxy) is 1. The molecule has 0 fully saturated rings. The maximum absolute atomic E-state index is 10.4. The van der Waals surface area contributed by atoms with Crippen LogP contribution < -0.4 is 0 Å². The Morgan fingerprint density at radius 2 is 2.31 bits per heavy atom. The molecular formula is C14H22O2. The summed E-state index contributed by atoms with van der Waals surface area (Å²) in [7, 11) is 0. The summed E-state index contributed by atoms with van der Waals surface area (Å²) in [5.74, 6) is 0. The molecule has 2 heteroatoms. The largest absolute Gasteiger partial charge is 0.461 e. The Kier molecular flexibility index (Phi) is 4.78. The molecule has 0 bridgehead atoms. The molecule has 90 valence electrons. The van der Waals surface area contributed by atoms with Gasteiger partial charge in [-0.1, -0.05) is 23.3 Å². The molecule has 1 aliphatic carbocycles. The highest BCUT2D eigenvalue weighted by Crippen LogP contribution is 2.32. The molecule has 0 spiro atoms. The van der Waals surface area contributed by atoms with Gasteiger partial charge in [0.25, 0.3) is 6.47 Å². The van der Waals surface area contributed by atoms with Crippen molar-refractivity contribution in [3.8, 4) is 0 Å². The van der Waals surface area contributed by atoms with E-state index < -0.39 is 0 Å². The van der Waals surface area contributed by atoms with E-state index in [1.807, 2.05) is 6.92 Å². The summed E-state index contributed by atoms with van der Waals surface area (Å²) in [5, 5.41) is 0. The minimum Gasteiger partial charge on any atom is -0.461 e. The number of allylic oxidation sites excluding steroid dienone is 3. The van der Waals surface area contributed by atoms with E-state index >= 15 is 0 Å². The van der Waals surface area contributed by atoms with Crippen LogP contribution in [0.4, 0.5) is 0 Å². The number of hydrogen-bond acceptors (Lipinski definition) is 2. The van der Waals surface area contributed by atoms with E-state index in [-0.39, 0.29) is 5.60 Å². The first-order chi connectivity index (χ1) is 7.56. The van der Waals surface area contributed by atoms with Crippen LogP contribution in [0.5, 0.6) is 0 Å². The summed E-state index contributed by atoms with van der Waals surface area (Å²) in [6, 6.07) is 0. The first-order valence-electron chi connectivity index (χ1n) is 5.98. The summed E-state index contributed by atoms with van der Waals surface area (Å²) in [6.07, 6.45) is 9.59. The lowest BCUT2D eigenvalue weighted by atomic mass is 9.84. The van der Waals surface area contributed by atoms with Gasteiger partial charge in [0, 0.05) is 6.42 Å². The van der Waals surface area contributed by atoms with Gasteiger partial charge in [-0.15, -0.1) is 0 Å². The lowest BCUT2D eigenvalue weighted by molar-refractivity contribution is -0.142. The van der Waals surface area contributed by atoms with E-state index in [0.717, 1.165) is 32.1 Å². The zero-order valence-electron chi connectivity index (χ0n) is 10.6. The summed E-state index contributed by atoms with van der Waals surface area (Å²) in [4.78, 5) is 10.4. The Balaban J connectivity index is 2.47. The first-order valence-corrected chi connectivity index (χ1v) is 5.98. The molecule has 0 aromatic heterocycles. The zero-order valence-corrected chi connectivity index (χ0v) is 10.6. The van der Waals surface area contributed by atoms with Crippen molar-refractivity contribution in [3.63, 3.8) is 0 Å². The van der Waals surface area contributed by atoms with Gasteiger partial charge in [-0.3, -0.25) is 4.79 Å². The van der Waals surface area contributed by atoms with Gasteiger partial charge in [0.15, 0.2) is 0 Å². The molecular weight excluding hydrogens is 200 g/mol. The highest BCUT2D eigenvalue weighted by molar-refractivity contribution is 5.38. The van der Waals surface area contributed by atoms with Crippen LogP contribution in [0.15, 0.2) is 23.3 Å². The molecule has 0 N–H and O–H groups in total. The zero-order chi connectivity index (χ0) is 12.0. The Morgan fingerprint density at radius 1 is 1.56 bits per heavy atom. The third-order valence-corrected chi connectivity index (χ3v) is 3.06. The smallest absolute Gasteiger partial charge is 0.293 e. The standard InChI is InChI=1S/C14H22O2/c1-12(2)6-4-7-13-8-5-9-14(3,10-13)16-11-15/h6,8,11H,4-5,7,9-10H2,1-3H3. The van der Waals surface area contributed by atoms with E-state index in [1.54, 1.807) is 0 Å². The number of carbonyl (C=O) groups is 1. The quantitative estimate of drug-likeness (QED) is 0.523. The van der Waals surface area contributed by atoms with Crippen molar-refractivity contribution in [2.45, 2.75) is 58.5 Å². The van der Waals surface area contributed by atoms with Crippen molar-refractivity contribution < 1.29 is 9.53 Å². The Hall–Kier alpha value is -1.05. The molecule has 1 unspecified atom stereocenters. The monoisotopic (exact) mass is 222 g/mol. The average Bonchev–Trinajstić information content (AvgIpc) is 2.17.